The average molecular weight is 403 g/mol. The second-order valence-corrected chi connectivity index (χ2v) is 7.80. The Hall–Kier alpha value is -3.18. The largest absolute Gasteiger partial charge is 0.295 e. The summed E-state index contributed by atoms with van der Waals surface area (Å²) < 4.78 is 46.9. The fourth-order valence-corrected chi connectivity index (χ4v) is 4.10. The van der Waals surface area contributed by atoms with E-state index in [1.54, 1.807) is 13.0 Å². The summed E-state index contributed by atoms with van der Waals surface area (Å²) in [6.45, 7) is 1.57. The lowest BCUT2D eigenvalue weighted by Gasteiger charge is -2.12. The summed E-state index contributed by atoms with van der Waals surface area (Å²) >= 11 is 0. The van der Waals surface area contributed by atoms with Crippen molar-refractivity contribution in [3.05, 3.63) is 58.4 Å². The van der Waals surface area contributed by atoms with Crippen LogP contribution in [0, 0.1) is 12.7 Å². The van der Waals surface area contributed by atoms with Crippen LogP contribution in [-0.2, 0) is 16.6 Å². The van der Waals surface area contributed by atoms with Gasteiger partial charge in [0.25, 0.3) is 5.56 Å². The Kier molecular flexibility index (Phi) is 4.40. The highest BCUT2D eigenvalue weighted by Crippen LogP contribution is 2.19. The highest BCUT2D eigenvalue weighted by Gasteiger charge is 2.20. The van der Waals surface area contributed by atoms with Crippen LogP contribution in [0.1, 0.15) is 5.82 Å². The molecule has 0 radical (unpaired) electrons. The van der Waals surface area contributed by atoms with Crippen LogP contribution >= 0.6 is 0 Å². The third kappa shape index (κ3) is 3.14. The van der Waals surface area contributed by atoms with Crippen molar-refractivity contribution in [2.24, 2.45) is 0 Å². The van der Waals surface area contributed by atoms with Crippen molar-refractivity contribution >= 4 is 32.0 Å². The number of halogens is 1. The van der Waals surface area contributed by atoms with Gasteiger partial charge in [-0.2, -0.15) is 0 Å². The minimum atomic E-state index is -3.91. The van der Waals surface area contributed by atoms with Crippen LogP contribution in [0.25, 0.3) is 21.9 Å². The zero-order valence-corrected chi connectivity index (χ0v) is 15.4. The van der Waals surface area contributed by atoms with E-state index in [2.05, 4.69) is 24.6 Å². The van der Waals surface area contributed by atoms with Crippen LogP contribution in [0.3, 0.4) is 0 Å². The van der Waals surface area contributed by atoms with Crippen molar-refractivity contribution in [2.45, 2.75) is 18.4 Å². The summed E-state index contributed by atoms with van der Waals surface area (Å²) in [7, 11) is -3.91. The van der Waals surface area contributed by atoms with Gasteiger partial charge in [-0.25, -0.2) is 27.1 Å². The van der Waals surface area contributed by atoms with Gasteiger partial charge in [-0.15, -0.1) is 0 Å². The van der Waals surface area contributed by atoms with E-state index in [1.165, 1.54) is 28.8 Å². The third-order valence-corrected chi connectivity index (χ3v) is 5.77. The minimum Gasteiger partial charge on any atom is -0.295 e. The molecule has 0 saturated carbocycles. The molecule has 0 spiro atoms. The number of nitrogens with one attached hydrogen (secondary N) is 1. The third-order valence-electron chi connectivity index (χ3n) is 4.27. The van der Waals surface area contributed by atoms with E-state index in [4.69, 9.17) is 0 Å². The Labute approximate surface area is 157 Å². The summed E-state index contributed by atoms with van der Waals surface area (Å²) in [5.74, 6) is -0.150. The number of hydrogen-bond donors (Lipinski definition) is 1. The highest BCUT2D eigenvalue weighted by molar-refractivity contribution is 7.89. The molecular weight excluding hydrogens is 389 g/mol. The molecule has 9 nitrogen and oxygen atoms in total. The number of aryl methyl sites for hydroxylation is 1. The molecule has 1 N–H and O–H groups in total. The van der Waals surface area contributed by atoms with E-state index >= 15 is 0 Å². The number of benzene rings is 2. The summed E-state index contributed by atoms with van der Waals surface area (Å²) in [4.78, 5) is 16.8. The molecule has 4 rings (SSSR count). The molecule has 28 heavy (non-hydrogen) atoms. The molecule has 0 aliphatic rings. The summed E-state index contributed by atoms with van der Waals surface area (Å²) in [5, 5.41) is 7.36. The van der Waals surface area contributed by atoms with E-state index in [0.717, 1.165) is 6.07 Å². The Bertz CT molecular complexity index is 1360. The Morgan fingerprint density at radius 1 is 1.18 bits per heavy atom. The van der Waals surface area contributed by atoms with Crippen LogP contribution in [0.15, 0.2) is 50.7 Å². The van der Waals surface area contributed by atoms with Gasteiger partial charge in [0.05, 0.1) is 10.9 Å². The molecule has 0 aliphatic heterocycles. The molecule has 0 fully saturated rings. The number of aromatic nitrogens is 4. The van der Waals surface area contributed by atoms with Crippen molar-refractivity contribution in [3.8, 4) is 0 Å². The maximum Gasteiger partial charge on any atom is 0.261 e. The van der Waals surface area contributed by atoms with Gasteiger partial charge in [0.1, 0.15) is 22.1 Å². The Balaban J connectivity index is 1.60. The molecule has 0 bridgehead atoms. The molecule has 0 unspecified atom stereocenters. The first kappa shape index (κ1) is 18.2. The van der Waals surface area contributed by atoms with Crippen molar-refractivity contribution in [1.82, 2.24) is 24.6 Å². The molecule has 0 atom stereocenters. The van der Waals surface area contributed by atoms with Gasteiger partial charge < -0.3 is 0 Å². The molecule has 11 heteroatoms. The second-order valence-electron chi connectivity index (χ2n) is 6.06. The van der Waals surface area contributed by atoms with E-state index in [1.807, 2.05) is 0 Å². The first-order chi connectivity index (χ1) is 13.4. The van der Waals surface area contributed by atoms with Gasteiger partial charge in [0.2, 0.25) is 10.0 Å². The molecule has 0 amide bonds. The number of nitrogens with zero attached hydrogens (tertiary/aromatic N) is 4. The van der Waals surface area contributed by atoms with E-state index in [0.29, 0.717) is 16.9 Å². The van der Waals surface area contributed by atoms with Crippen molar-refractivity contribution < 1.29 is 17.4 Å². The minimum absolute atomic E-state index is 0.0242. The zero-order valence-electron chi connectivity index (χ0n) is 14.6. The standard InChI is InChI=1S/C17H14FN5O4S/c1-10-20-13-6-5-11(18)9-12(13)17(24)23(10)8-7-19-28(25,26)15-4-2-3-14-16(15)22-27-21-14/h2-6,9,19H,7-8H2,1H3. The average Bonchev–Trinajstić information content (AvgIpc) is 3.13. The van der Waals surface area contributed by atoms with Crippen LogP contribution < -0.4 is 10.3 Å². The number of sulfonamides is 1. The van der Waals surface area contributed by atoms with Gasteiger partial charge >= 0.3 is 0 Å². The number of rotatable bonds is 5. The Morgan fingerprint density at radius 3 is 2.82 bits per heavy atom. The summed E-state index contributed by atoms with van der Waals surface area (Å²) in [5.41, 5.74) is 0.372. The lowest BCUT2D eigenvalue weighted by Crippen LogP contribution is -2.32. The number of hydrogen-bond acceptors (Lipinski definition) is 7. The molecule has 144 valence electrons. The molecule has 0 aliphatic carbocycles. The quantitative estimate of drug-likeness (QED) is 0.534. The molecular formula is C17H14FN5O4S. The van der Waals surface area contributed by atoms with E-state index < -0.39 is 21.4 Å². The van der Waals surface area contributed by atoms with Gasteiger partial charge in [-0.3, -0.25) is 9.36 Å². The first-order valence-electron chi connectivity index (χ1n) is 8.24. The fourth-order valence-electron chi connectivity index (χ4n) is 2.94. The topological polar surface area (TPSA) is 120 Å². The summed E-state index contributed by atoms with van der Waals surface area (Å²) in [6.07, 6.45) is 0. The lowest BCUT2D eigenvalue weighted by molar-refractivity contribution is 0.315. The normalized spacial score (nSPS) is 12.1. The predicted octanol–water partition coefficient (Wildman–Crippen LogP) is 1.36. The van der Waals surface area contributed by atoms with E-state index in [-0.39, 0.29) is 28.9 Å². The maximum atomic E-state index is 13.5. The van der Waals surface area contributed by atoms with E-state index in [9.17, 15) is 17.6 Å². The molecule has 4 aromatic rings. The van der Waals surface area contributed by atoms with Crippen molar-refractivity contribution in [3.63, 3.8) is 0 Å². The van der Waals surface area contributed by atoms with Crippen LogP contribution in [0.4, 0.5) is 4.39 Å². The highest BCUT2D eigenvalue weighted by atomic mass is 32.2. The smallest absolute Gasteiger partial charge is 0.261 e. The van der Waals surface area contributed by atoms with Crippen molar-refractivity contribution in [2.75, 3.05) is 6.54 Å². The monoisotopic (exact) mass is 403 g/mol. The first-order valence-corrected chi connectivity index (χ1v) is 9.73. The van der Waals surface area contributed by atoms with Crippen LogP contribution in [-0.4, -0.2) is 34.8 Å². The zero-order chi connectivity index (χ0) is 19.9. The van der Waals surface area contributed by atoms with Gasteiger partial charge in [-0.05, 0) is 47.6 Å². The van der Waals surface area contributed by atoms with Gasteiger partial charge in [0, 0.05) is 13.1 Å². The molecule has 2 heterocycles. The molecule has 2 aromatic carbocycles. The lowest BCUT2D eigenvalue weighted by atomic mass is 10.2. The van der Waals surface area contributed by atoms with Gasteiger partial charge in [-0.1, -0.05) is 6.07 Å². The SMILES string of the molecule is Cc1nc2ccc(F)cc2c(=O)n1CCNS(=O)(=O)c1cccc2nonc12. The van der Waals surface area contributed by atoms with Crippen molar-refractivity contribution in [1.29, 1.82) is 0 Å². The number of fused-ring (bicyclic) bond motifs is 2. The second kappa shape index (κ2) is 6.77. The fraction of sp³-hybridized carbons (Fsp3) is 0.176. The molecule has 0 saturated heterocycles. The molecule has 2 aromatic heterocycles. The van der Waals surface area contributed by atoms with Gasteiger partial charge in [0.15, 0.2) is 5.52 Å². The Morgan fingerprint density at radius 2 is 2.00 bits per heavy atom. The predicted molar refractivity (Wildman–Crippen MR) is 97.7 cm³/mol. The van der Waals surface area contributed by atoms with Crippen LogP contribution in [0.2, 0.25) is 0 Å². The van der Waals surface area contributed by atoms with Crippen LogP contribution in [0.5, 0.6) is 0 Å². The summed E-state index contributed by atoms with van der Waals surface area (Å²) in [6, 6.07) is 8.26. The maximum absolute atomic E-state index is 13.5.